The van der Waals surface area contributed by atoms with Gasteiger partial charge in [-0.1, -0.05) is 6.92 Å². The minimum Gasteiger partial charge on any atom is -0.480 e. The van der Waals surface area contributed by atoms with Gasteiger partial charge in [-0.15, -0.1) is 0 Å². The quantitative estimate of drug-likeness (QED) is 0.679. The Morgan fingerprint density at radius 2 is 2.07 bits per heavy atom. The summed E-state index contributed by atoms with van der Waals surface area (Å²) in [5.41, 5.74) is 5.05. The molecule has 4 heteroatoms. The monoisotopic (exact) mass is 212 g/mol. The summed E-state index contributed by atoms with van der Waals surface area (Å²) in [4.78, 5) is 13.5. The third-order valence-corrected chi connectivity index (χ3v) is 3.64. The third kappa shape index (κ3) is 2.16. The van der Waals surface area contributed by atoms with Crippen LogP contribution in [0.1, 0.15) is 32.6 Å². The maximum absolute atomic E-state index is 11.2. The van der Waals surface area contributed by atoms with Crippen LogP contribution in [0.3, 0.4) is 0 Å². The molecule has 0 aromatic carbocycles. The third-order valence-electron chi connectivity index (χ3n) is 3.64. The van der Waals surface area contributed by atoms with Gasteiger partial charge in [-0.2, -0.15) is 0 Å². The van der Waals surface area contributed by atoms with E-state index in [9.17, 15) is 9.90 Å². The van der Waals surface area contributed by atoms with Crippen LogP contribution < -0.4 is 5.73 Å². The van der Waals surface area contributed by atoms with Gasteiger partial charge in [0.1, 0.15) is 5.54 Å². The molecular formula is C11H20N2O2. The maximum atomic E-state index is 11.2. The fourth-order valence-electron chi connectivity index (χ4n) is 2.24. The van der Waals surface area contributed by atoms with Crippen molar-refractivity contribution in [1.82, 2.24) is 4.90 Å². The number of carboxylic acids is 1. The van der Waals surface area contributed by atoms with Gasteiger partial charge in [-0.05, 0) is 38.1 Å². The first kappa shape index (κ1) is 10.9. The number of carboxylic acid groups (broad SMARTS) is 1. The van der Waals surface area contributed by atoms with Crippen molar-refractivity contribution < 1.29 is 9.90 Å². The Labute approximate surface area is 90.4 Å². The van der Waals surface area contributed by atoms with E-state index in [1.807, 2.05) is 0 Å². The molecule has 0 aromatic heterocycles. The molecule has 0 bridgehead atoms. The van der Waals surface area contributed by atoms with Crippen molar-refractivity contribution in [1.29, 1.82) is 0 Å². The van der Waals surface area contributed by atoms with Gasteiger partial charge in [0.25, 0.3) is 0 Å². The number of hydrogen-bond acceptors (Lipinski definition) is 3. The average molecular weight is 212 g/mol. The zero-order valence-electron chi connectivity index (χ0n) is 9.28. The molecule has 0 spiro atoms. The Kier molecular flexibility index (Phi) is 2.73. The molecule has 0 radical (unpaired) electrons. The predicted molar refractivity (Wildman–Crippen MR) is 57.5 cm³/mol. The molecular weight excluding hydrogens is 192 g/mol. The van der Waals surface area contributed by atoms with Crippen LogP contribution in [0.2, 0.25) is 0 Å². The lowest BCUT2D eigenvalue weighted by Gasteiger charge is -2.31. The fraction of sp³-hybridized carbons (Fsp3) is 0.909. The first-order valence-corrected chi connectivity index (χ1v) is 5.84. The molecule has 1 unspecified atom stereocenters. The number of nitrogens with zero attached hydrogens (tertiary/aromatic N) is 1. The minimum atomic E-state index is -1.00. The second kappa shape index (κ2) is 3.76. The topological polar surface area (TPSA) is 66.6 Å². The van der Waals surface area contributed by atoms with E-state index < -0.39 is 11.5 Å². The SMILES string of the molecule is CCN(CC(N)(C(=O)O)C1CC1)C1CC1. The summed E-state index contributed by atoms with van der Waals surface area (Å²) in [6, 6.07) is 0.594. The van der Waals surface area contributed by atoms with Crippen LogP contribution in [0.4, 0.5) is 0 Å². The van der Waals surface area contributed by atoms with Gasteiger partial charge >= 0.3 is 5.97 Å². The minimum absolute atomic E-state index is 0.197. The van der Waals surface area contributed by atoms with Crippen molar-refractivity contribution in [2.24, 2.45) is 11.7 Å². The zero-order valence-corrected chi connectivity index (χ0v) is 9.28. The predicted octanol–water partition coefficient (Wildman–Crippen LogP) is 0.663. The molecule has 0 aromatic rings. The van der Waals surface area contributed by atoms with E-state index in [1.165, 1.54) is 12.8 Å². The van der Waals surface area contributed by atoms with E-state index in [0.717, 1.165) is 19.4 Å². The molecule has 2 saturated carbocycles. The molecule has 2 aliphatic carbocycles. The van der Waals surface area contributed by atoms with Crippen molar-refractivity contribution in [3.05, 3.63) is 0 Å². The van der Waals surface area contributed by atoms with Crippen LogP contribution in [0.25, 0.3) is 0 Å². The van der Waals surface area contributed by atoms with Gasteiger partial charge < -0.3 is 10.8 Å². The first-order valence-electron chi connectivity index (χ1n) is 5.84. The molecule has 2 aliphatic rings. The Morgan fingerprint density at radius 3 is 2.40 bits per heavy atom. The van der Waals surface area contributed by atoms with E-state index in [0.29, 0.717) is 12.6 Å². The van der Waals surface area contributed by atoms with Gasteiger partial charge in [0.2, 0.25) is 0 Å². The largest absolute Gasteiger partial charge is 0.480 e. The van der Waals surface area contributed by atoms with E-state index in [1.54, 1.807) is 0 Å². The summed E-state index contributed by atoms with van der Waals surface area (Å²) >= 11 is 0. The number of likely N-dealkylation sites (N-methyl/N-ethyl adjacent to an activating group) is 1. The maximum Gasteiger partial charge on any atom is 0.325 e. The van der Waals surface area contributed by atoms with Gasteiger partial charge in [0.15, 0.2) is 0 Å². The Morgan fingerprint density at radius 1 is 1.47 bits per heavy atom. The number of nitrogens with two attached hydrogens (primary N) is 1. The molecule has 1 atom stereocenters. The van der Waals surface area contributed by atoms with E-state index in [2.05, 4.69) is 11.8 Å². The summed E-state index contributed by atoms with van der Waals surface area (Å²) in [5, 5.41) is 9.24. The Balaban J connectivity index is 2.01. The molecule has 0 heterocycles. The molecule has 2 rings (SSSR count). The highest BCUT2D eigenvalue weighted by molar-refractivity contribution is 5.79. The summed E-state index contributed by atoms with van der Waals surface area (Å²) < 4.78 is 0. The number of carbonyl (C=O) groups is 1. The summed E-state index contributed by atoms with van der Waals surface area (Å²) in [6.07, 6.45) is 4.36. The highest BCUT2D eigenvalue weighted by atomic mass is 16.4. The summed E-state index contributed by atoms with van der Waals surface area (Å²) in [6.45, 7) is 3.51. The zero-order chi connectivity index (χ0) is 11.1. The normalized spacial score (nSPS) is 25.3. The van der Waals surface area contributed by atoms with E-state index >= 15 is 0 Å². The summed E-state index contributed by atoms with van der Waals surface area (Å²) in [7, 11) is 0. The van der Waals surface area contributed by atoms with Crippen molar-refractivity contribution >= 4 is 5.97 Å². The molecule has 0 aliphatic heterocycles. The van der Waals surface area contributed by atoms with E-state index in [4.69, 9.17) is 5.73 Å². The average Bonchev–Trinajstić information content (AvgIpc) is 3.05. The molecule has 4 nitrogen and oxygen atoms in total. The van der Waals surface area contributed by atoms with Crippen molar-refractivity contribution in [3.8, 4) is 0 Å². The highest BCUT2D eigenvalue weighted by Crippen LogP contribution is 2.40. The lowest BCUT2D eigenvalue weighted by atomic mass is 9.94. The molecule has 0 amide bonds. The number of hydrogen-bond donors (Lipinski definition) is 2. The Bertz CT molecular complexity index is 261. The number of aliphatic carboxylic acids is 1. The number of rotatable bonds is 6. The van der Waals surface area contributed by atoms with Crippen LogP contribution in [-0.4, -0.2) is 40.6 Å². The highest BCUT2D eigenvalue weighted by Gasteiger charge is 2.50. The van der Waals surface area contributed by atoms with Crippen LogP contribution in [0.15, 0.2) is 0 Å². The Hall–Kier alpha value is -0.610. The molecule has 2 fully saturated rings. The van der Waals surface area contributed by atoms with Crippen LogP contribution in [-0.2, 0) is 4.79 Å². The van der Waals surface area contributed by atoms with Crippen LogP contribution in [0, 0.1) is 5.92 Å². The van der Waals surface area contributed by atoms with Gasteiger partial charge in [-0.3, -0.25) is 9.69 Å². The molecule has 0 saturated heterocycles. The molecule has 3 N–H and O–H groups in total. The smallest absolute Gasteiger partial charge is 0.325 e. The van der Waals surface area contributed by atoms with Gasteiger partial charge in [0, 0.05) is 12.6 Å². The van der Waals surface area contributed by atoms with Crippen LogP contribution in [0.5, 0.6) is 0 Å². The van der Waals surface area contributed by atoms with Gasteiger partial charge in [-0.25, -0.2) is 0 Å². The standard InChI is InChI=1S/C11H20N2O2/c1-2-13(9-5-6-9)7-11(12,10(14)15)8-3-4-8/h8-9H,2-7,12H2,1H3,(H,14,15). The first-order chi connectivity index (χ1) is 7.08. The lowest BCUT2D eigenvalue weighted by Crippen LogP contribution is -2.58. The van der Waals surface area contributed by atoms with Crippen molar-refractivity contribution in [2.45, 2.75) is 44.2 Å². The molecule has 15 heavy (non-hydrogen) atoms. The molecule has 86 valence electrons. The second-order valence-electron chi connectivity index (χ2n) is 4.91. The van der Waals surface area contributed by atoms with E-state index in [-0.39, 0.29) is 5.92 Å². The lowest BCUT2D eigenvalue weighted by molar-refractivity contribution is -0.145. The second-order valence-corrected chi connectivity index (χ2v) is 4.91. The van der Waals surface area contributed by atoms with Crippen LogP contribution >= 0.6 is 0 Å². The van der Waals surface area contributed by atoms with Crippen molar-refractivity contribution in [2.75, 3.05) is 13.1 Å². The van der Waals surface area contributed by atoms with Gasteiger partial charge in [0.05, 0.1) is 0 Å². The van der Waals surface area contributed by atoms with Crippen molar-refractivity contribution in [3.63, 3.8) is 0 Å². The summed E-state index contributed by atoms with van der Waals surface area (Å²) in [5.74, 6) is -0.632. The fourth-order valence-corrected chi connectivity index (χ4v) is 2.24.